The van der Waals surface area contributed by atoms with Gasteiger partial charge in [0.2, 0.25) is 0 Å². The Balaban J connectivity index is 1.83. The molecule has 7 nitrogen and oxygen atoms in total. The molecule has 0 saturated carbocycles. The number of hydrogen-bond acceptors (Lipinski definition) is 6. The molecule has 0 spiro atoms. The van der Waals surface area contributed by atoms with Crippen molar-refractivity contribution in [3.63, 3.8) is 0 Å². The molecule has 1 aromatic carbocycles. The number of nitrogens with zero attached hydrogens (tertiary/aromatic N) is 1. The highest BCUT2D eigenvalue weighted by atomic mass is 16.6. The molecular weight excluding hydrogens is 286 g/mol. The number of aromatic nitrogens is 1. The second-order valence-corrected chi connectivity index (χ2v) is 4.79. The summed E-state index contributed by atoms with van der Waals surface area (Å²) in [7, 11) is 0. The standard InChI is InChI=1S/C15H17N3O4/c16-4-1-5-17-15(19)13-14(22-9-18-13)10-2-3-11-12(8-10)21-7-6-20-11/h2-3,8-9H,1,4-7,16H2,(H,17,19). The largest absolute Gasteiger partial charge is 0.486 e. The normalized spacial score (nSPS) is 13.0. The zero-order chi connectivity index (χ0) is 15.4. The maximum atomic E-state index is 12.1. The van der Waals surface area contributed by atoms with Crippen molar-refractivity contribution in [3.05, 3.63) is 30.3 Å². The third-order valence-electron chi connectivity index (χ3n) is 3.25. The SMILES string of the molecule is NCCCNC(=O)c1ncoc1-c1ccc2c(c1)OCCO2. The van der Waals surface area contributed by atoms with Crippen LogP contribution in [0.3, 0.4) is 0 Å². The molecule has 0 unspecified atom stereocenters. The van der Waals surface area contributed by atoms with Gasteiger partial charge in [0.15, 0.2) is 29.3 Å². The van der Waals surface area contributed by atoms with E-state index in [9.17, 15) is 4.79 Å². The lowest BCUT2D eigenvalue weighted by molar-refractivity contribution is 0.0949. The molecule has 2 heterocycles. The Kier molecular flexibility index (Phi) is 4.24. The van der Waals surface area contributed by atoms with Crippen LogP contribution in [-0.4, -0.2) is 37.2 Å². The van der Waals surface area contributed by atoms with Gasteiger partial charge < -0.3 is 24.9 Å². The predicted octanol–water partition coefficient (Wildman–Crippen LogP) is 1.19. The third-order valence-corrected chi connectivity index (χ3v) is 3.25. The summed E-state index contributed by atoms with van der Waals surface area (Å²) in [5.74, 6) is 1.44. The fourth-order valence-corrected chi connectivity index (χ4v) is 2.19. The smallest absolute Gasteiger partial charge is 0.273 e. The van der Waals surface area contributed by atoms with Crippen molar-refractivity contribution < 1.29 is 18.7 Å². The summed E-state index contributed by atoms with van der Waals surface area (Å²) in [6, 6.07) is 5.39. The van der Waals surface area contributed by atoms with Gasteiger partial charge in [0.1, 0.15) is 13.2 Å². The van der Waals surface area contributed by atoms with Gasteiger partial charge in [-0.05, 0) is 31.2 Å². The average molecular weight is 303 g/mol. The van der Waals surface area contributed by atoms with E-state index in [-0.39, 0.29) is 11.6 Å². The monoisotopic (exact) mass is 303 g/mol. The number of ether oxygens (including phenoxy) is 2. The van der Waals surface area contributed by atoms with Crippen molar-refractivity contribution in [3.8, 4) is 22.8 Å². The quantitative estimate of drug-likeness (QED) is 0.805. The van der Waals surface area contributed by atoms with Crippen LogP contribution in [0.5, 0.6) is 11.5 Å². The molecule has 1 aliphatic rings. The average Bonchev–Trinajstić information content (AvgIpc) is 3.04. The third kappa shape index (κ3) is 2.89. The van der Waals surface area contributed by atoms with Crippen molar-refractivity contribution in [1.29, 1.82) is 0 Å². The number of oxazole rings is 1. The van der Waals surface area contributed by atoms with E-state index < -0.39 is 0 Å². The minimum Gasteiger partial charge on any atom is -0.486 e. The van der Waals surface area contributed by atoms with Crippen LogP contribution < -0.4 is 20.5 Å². The Bertz CT molecular complexity index is 669. The minimum absolute atomic E-state index is 0.244. The summed E-state index contributed by atoms with van der Waals surface area (Å²) in [5.41, 5.74) is 6.37. The molecule has 3 N–H and O–H groups in total. The molecule has 0 atom stereocenters. The molecule has 2 aromatic rings. The number of nitrogens with one attached hydrogen (secondary N) is 1. The van der Waals surface area contributed by atoms with Gasteiger partial charge >= 0.3 is 0 Å². The van der Waals surface area contributed by atoms with Crippen molar-refractivity contribution in [1.82, 2.24) is 10.3 Å². The summed E-state index contributed by atoms with van der Waals surface area (Å²) in [6.07, 6.45) is 1.97. The lowest BCUT2D eigenvalue weighted by atomic mass is 10.1. The molecule has 0 radical (unpaired) electrons. The minimum atomic E-state index is -0.285. The molecule has 0 fully saturated rings. The number of amides is 1. The van der Waals surface area contributed by atoms with Gasteiger partial charge in [0.25, 0.3) is 5.91 Å². The van der Waals surface area contributed by atoms with Gasteiger partial charge in [-0.3, -0.25) is 4.79 Å². The van der Waals surface area contributed by atoms with Crippen LogP contribution >= 0.6 is 0 Å². The summed E-state index contributed by atoms with van der Waals surface area (Å²) in [6.45, 7) is 2.06. The van der Waals surface area contributed by atoms with Crippen molar-refractivity contribution in [2.24, 2.45) is 5.73 Å². The Morgan fingerprint density at radius 2 is 2.09 bits per heavy atom. The molecule has 22 heavy (non-hydrogen) atoms. The number of rotatable bonds is 5. The molecule has 1 amide bonds. The van der Waals surface area contributed by atoms with Gasteiger partial charge in [-0.15, -0.1) is 0 Å². The maximum absolute atomic E-state index is 12.1. The maximum Gasteiger partial charge on any atom is 0.273 e. The van der Waals surface area contributed by atoms with E-state index in [0.717, 1.165) is 0 Å². The van der Waals surface area contributed by atoms with E-state index in [1.54, 1.807) is 12.1 Å². The summed E-state index contributed by atoms with van der Waals surface area (Å²) in [4.78, 5) is 16.1. The highest BCUT2D eigenvalue weighted by Gasteiger charge is 2.20. The van der Waals surface area contributed by atoms with Crippen LogP contribution in [0.4, 0.5) is 0 Å². The van der Waals surface area contributed by atoms with Crippen molar-refractivity contribution >= 4 is 5.91 Å². The first-order valence-electron chi connectivity index (χ1n) is 7.11. The van der Waals surface area contributed by atoms with Gasteiger partial charge in [0.05, 0.1) is 0 Å². The van der Waals surface area contributed by atoms with Gasteiger partial charge in [-0.2, -0.15) is 0 Å². The summed E-state index contributed by atoms with van der Waals surface area (Å²) in [5, 5.41) is 2.76. The fraction of sp³-hybridized carbons (Fsp3) is 0.333. The molecule has 116 valence electrons. The summed E-state index contributed by atoms with van der Waals surface area (Å²) < 4.78 is 16.4. The fourth-order valence-electron chi connectivity index (χ4n) is 2.19. The molecular formula is C15H17N3O4. The Morgan fingerprint density at radius 3 is 2.91 bits per heavy atom. The number of carbonyl (C=O) groups excluding carboxylic acids is 1. The van der Waals surface area contributed by atoms with Crippen LogP contribution in [0.1, 0.15) is 16.9 Å². The second-order valence-electron chi connectivity index (χ2n) is 4.79. The van der Waals surface area contributed by atoms with Gasteiger partial charge in [-0.25, -0.2) is 4.98 Å². The molecule has 0 aliphatic carbocycles. The molecule has 1 aliphatic heterocycles. The number of fused-ring (bicyclic) bond motifs is 1. The first kappa shape index (κ1) is 14.4. The number of carbonyl (C=O) groups is 1. The van der Waals surface area contributed by atoms with E-state index in [4.69, 9.17) is 19.6 Å². The first-order chi connectivity index (χ1) is 10.8. The van der Waals surface area contributed by atoms with E-state index >= 15 is 0 Å². The highest BCUT2D eigenvalue weighted by molar-refractivity contribution is 5.97. The molecule has 1 aromatic heterocycles. The van der Waals surface area contributed by atoms with E-state index in [0.29, 0.717) is 55.5 Å². The first-order valence-corrected chi connectivity index (χ1v) is 7.11. The number of nitrogens with two attached hydrogens (primary N) is 1. The van der Waals surface area contributed by atoms with Crippen molar-refractivity contribution in [2.75, 3.05) is 26.3 Å². The number of benzene rings is 1. The van der Waals surface area contributed by atoms with E-state index in [1.165, 1.54) is 6.39 Å². The Morgan fingerprint density at radius 1 is 1.27 bits per heavy atom. The summed E-state index contributed by atoms with van der Waals surface area (Å²) >= 11 is 0. The molecule has 3 rings (SSSR count). The lowest BCUT2D eigenvalue weighted by Gasteiger charge is -2.18. The Hall–Kier alpha value is -2.54. The zero-order valence-electron chi connectivity index (χ0n) is 12.0. The highest BCUT2D eigenvalue weighted by Crippen LogP contribution is 2.35. The predicted molar refractivity (Wildman–Crippen MR) is 78.9 cm³/mol. The van der Waals surface area contributed by atoms with E-state index in [2.05, 4.69) is 10.3 Å². The van der Waals surface area contributed by atoms with E-state index in [1.807, 2.05) is 6.07 Å². The lowest BCUT2D eigenvalue weighted by Crippen LogP contribution is -2.26. The van der Waals surface area contributed by atoms with Crippen LogP contribution in [0.2, 0.25) is 0 Å². The van der Waals surface area contributed by atoms with Crippen molar-refractivity contribution in [2.45, 2.75) is 6.42 Å². The Labute approximate surface area is 127 Å². The van der Waals surface area contributed by atoms with Crippen LogP contribution in [0.15, 0.2) is 29.0 Å². The van der Waals surface area contributed by atoms with Crippen LogP contribution in [0.25, 0.3) is 11.3 Å². The van der Waals surface area contributed by atoms with Gasteiger partial charge in [-0.1, -0.05) is 0 Å². The second kappa shape index (κ2) is 6.48. The van der Waals surface area contributed by atoms with Gasteiger partial charge in [0, 0.05) is 12.1 Å². The zero-order valence-corrected chi connectivity index (χ0v) is 12.0. The topological polar surface area (TPSA) is 99.6 Å². The molecule has 0 bridgehead atoms. The van der Waals surface area contributed by atoms with Crippen LogP contribution in [0, 0.1) is 0 Å². The molecule has 7 heteroatoms. The number of hydrogen-bond donors (Lipinski definition) is 2. The van der Waals surface area contributed by atoms with Crippen LogP contribution in [-0.2, 0) is 0 Å². The molecule has 0 saturated heterocycles.